The number of rotatable bonds is 7. The summed E-state index contributed by atoms with van der Waals surface area (Å²) in [5, 5.41) is 4.09. The van der Waals surface area contributed by atoms with Gasteiger partial charge >= 0.3 is 0 Å². The van der Waals surface area contributed by atoms with Crippen molar-refractivity contribution in [3.63, 3.8) is 0 Å². The topological polar surface area (TPSA) is 54.9 Å². The first-order chi connectivity index (χ1) is 13.2. The summed E-state index contributed by atoms with van der Waals surface area (Å²) in [7, 11) is 0. The molecule has 1 N–H and O–H groups in total. The number of pyridine rings is 2. The summed E-state index contributed by atoms with van der Waals surface area (Å²) in [4.78, 5) is 21.1. The van der Waals surface area contributed by atoms with Gasteiger partial charge in [-0.1, -0.05) is 37.1 Å². The van der Waals surface area contributed by atoms with E-state index < -0.39 is 0 Å². The molecule has 3 aromatic rings. The first kappa shape index (κ1) is 19.4. The molecule has 3 rings (SSSR count). The second-order valence-electron chi connectivity index (χ2n) is 6.03. The van der Waals surface area contributed by atoms with E-state index in [4.69, 9.17) is 11.6 Å². The zero-order valence-electron chi connectivity index (χ0n) is 15.0. The predicted octanol–water partition coefficient (Wildman–Crippen LogP) is 5.63. The Hall–Kier alpha value is -2.37. The number of anilines is 1. The molecule has 0 fully saturated rings. The third-order valence-electron chi connectivity index (χ3n) is 3.93. The molecule has 0 saturated carbocycles. The van der Waals surface area contributed by atoms with Crippen molar-refractivity contribution in [2.75, 3.05) is 5.32 Å². The van der Waals surface area contributed by atoms with Gasteiger partial charge in [-0.3, -0.25) is 4.79 Å². The second kappa shape index (κ2) is 9.53. The summed E-state index contributed by atoms with van der Waals surface area (Å²) >= 11 is 7.43. The molecule has 0 aliphatic heterocycles. The van der Waals surface area contributed by atoms with Crippen LogP contribution >= 0.6 is 23.4 Å². The van der Waals surface area contributed by atoms with Gasteiger partial charge in [-0.2, -0.15) is 0 Å². The number of amides is 1. The maximum atomic E-state index is 12.7. The molecule has 0 saturated heterocycles. The average Bonchev–Trinajstić information content (AvgIpc) is 2.68. The van der Waals surface area contributed by atoms with Crippen LogP contribution in [0.5, 0.6) is 0 Å². The molecule has 2 heterocycles. The Kier molecular flexibility index (Phi) is 6.85. The van der Waals surface area contributed by atoms with E-state index in [0.717, 1.165) is 24.1 Å². The number of carbonyl (C=O) groups excluding carboxylic acids is 1. The molecule has 0 unspecified atom stereocenters. The minimum Gasteiger partial charge on any atom is -0.322 e. The van der Waals surface area contributed by atoms with Gasteiger partial charge < -0.3 is 5.32 Å². The quantitative estimate of drug-likeness (QED) is 0.414. The Morgan fingerprint density at radius 3 is 2.63 bits per heavy atom. The van der Waals surface area contributed by atoms with Crippen molar-refractivity contribution in [1.82, 2.24) is 9.97 Å². The van der Waals surface area contributed by atoms with Crippen LogP contribution in [0.1, 0.15) is 34.8 Å². The summed E-state index contributed by atoms with van der Waals surface area (Å²) in [5.74, 6) is 0.493. The molecule has 0 spiro atoms. The maximum absolute atomic E-state index is 12.7. The van der Waals surface area contributed by atoms with E-state index in [1.165, 1.54) is 17.3 Å². The standard InChI is InChI=1S/C21H20ClN3OS/c1-2-4-15-6-8-17(9-7-15)25-20(26)18-5-3-11-24-21(18)27-14-16-10-12-23-19(22)13-16/h3,5-13H,2,4,14H2,1H3,(H,25,26). The third kappa shape index (κ3) is 5.55. The molecule has 0 aliphatic rings. The van der Waals surface area contributed by atoms with Crippen molar-refractivity contribution < 1.29 is 4.79 Å². The third-order valence-corrected chi connectivity index (χ3v) is 5.22. The van der Waals surface area contributed by atoms with Gasteiger partial charge in [-0.25, -0.2) is 9.97 Å². The van der Waals surface area contributed by atoms with Crippen LogP contribution in [-0.4, -0.2) is 15.9 Å². The number of halogens is 1. The van der Waals surface area contributed by atoms with Crippen molar-refractivity contribution in [2.24, 2.45) is 0 Å². The van der Waals surface area contributed by atoms with Crippen LogP contribution in [0.3, 0.4) is 0 Å². The molecule has 0 aliphatic carbocycles. The highest BCUT2D eigenvalue weighted by Crippen LogP contribution is 2.25. The number of hydrogen-bond donors (Lipinski definition) is 1. The Labute approximate surface area is 168 Å². The largest absolute Gasteiger partial charge is 0.322 e. The molecule has 27 heavy (non-hydrogen) atoms. The summed E-state index contributed by atoms with van der Waals surface area (Å²) in [6, 6.07) is 15.2. The summed E-state index contributed by atoms with van der Waals surface area (Å²) in [6.45, 7) is 2.15. The van der Waals surface area contributed by atoms with E-state index >= 15 is 0 Å². The van der Waals surface area contributed by atoms with Gasteiger partial charge in [0.1, 0.15) is 10.2 Å². The molecule has 0 atom stereocenters. The van der Waals surface area contributed by atoms with Gasteiger partial charge in [0.15, 0.2) is 0 Å². The van der Waals surface area contributed by atoms with Crippen molar-refractivity contribution in [3.8, 4) is 0 Å². The van der Waals surface area contributed by atoms with E-state index in [9.17, 15) is 4.79 Å². The highest BCUT2D eigenvalue weighted by atomic mass is 35.5. The lowest BCUT2D eigenvalue weighted by Gasteiger charge is -2.10. The average molecular weight is 398 g/mol. The van der Waals surface area contributed by atoms with Gasteiger partial charge in [-0.15, -0.1) is 11.8 Å². The summed E-state index contributed by atoms with van der Waals surface area (Å²) < 4.78 is 0. The fourth-order valence-electron chi connectivity index (χ4n) is 2.60. The van der Waals surface area contributed by atoms with Gasteiger partial charge in [0, 0.05) is 23.8 Å². The van der Waals surface area contributed by atoms with Gasteiger partial charge in [0.2, 0.25) is 0 Å². The number of aromatic nitrogens is 2. The van der Waals surface area contributed by atoms with E-state index in [1.807, 2.05) is 36.4 Å². The van der Waals surface area contributed by atoms with Gasteiger partial charge in [-0.05, 0) is 53.9 Å². The van der Waals surface area contributed by atoms with Crippen LogP contribution < -0.4 is 5.32 Å². The first-order valence-corrected chi connectivity index (χ1v) is 10.1. The smallest absolute Gasteiger partial charge is 0.258 e. The molecule has 0 bridgehead atoms. The summed E-state index contributed by atoms with van der Waals surface area (Å²) in [6.07, 6.45) is 5.51. The molecular weight excluding hydrogens is 378 g/mol. The molecule has 4 nitrogen and oxygen atoms in total. The van der Waals surface area contributed by atoms with E-state index in [-0.39, 0.29) is 5.91 Å². The van der Waals surface area contributed by atoms with Crippen molar-refractivity contribution in [3.05, 3.63) is 82.8 Å². The Bertz CT molecular complexity index is 915. The van der Waals surface area contributed by atoms with Crippen LogP contribution in [0.25, 0.3) is 0 Å². The monoisotopic (exact) mass is 397 g/mol. The van der Waals surface area contributed by atoms with Crippen LogP contribution in [0, 0.1) is 0 Å². The first-order valence-electron chi connectivity index (χ1n) is 8.74. The molecule has 1 amide bonds. The minimum atomic E-state index is -0.165. The van der Waals surface area contributed by atoms with Crippen LogP contribution in [-0.2, 0) is 12.2 Å². The van der Waals surface area contributed by atoms with Crippen LogP contribution in [0.15, 0.2) is 66.0 Å². The SMILES string of the molecule is CCCc1ccc(NC(=O)c2cccnc2SCc2ccnc(Cl)c2)cc1. The van der Waals surface area contributed by atoms with E-state index in [1.54, 1.807) is 24.5 Å². The molecule has 138 valence electrons. The highest BCUT2D eigenvalue weighted by Gasteiger charge is 2.13. The number of hydrogen-bond acceptors (Lipinski definition) is 4. The molecule has 2 aromatic heterocycles. The fraction of sp³-hybridized carbons (Fsp3) is 0.190. The van der Waals surface area contributed by atoms with Gasteiger partial charge in [0.25, 0.3) is 5.91 Å². The number of aryl methyl sites for hydroxylation is 1. The molecular formula is C21H20ClN3OS. The van der Waals surface area contributed by atoms with E-state index in [0.29, 0.717) is 21.5 Å². The second-order valence-corrected chi connectivity index (χ2v) is 7.38. The number of carbonyl (C=O) groups is 1. The zero-order chi connectivity index (χ0) is 19.1. The Morgan fingerprint density at radius 2 is 1.89 bits per heavy atom. The number of nitrogens with zero attached hydrogens (tertiary/aromatic N) is 2. The van der Waals surface area contributed by atoms with Crippen LogP contribution in [0.2, 0.25) is 5.15 Å². The Morgan fingerprint density at radius 1 is 1.07 bits per heavy atom. The molecule has 0 radical (unpaired) electrons. The Balaban J connectivity index is 1.69. The lowest BCUT2D eigenvalue weighted by molar-refractivity contribution is 0.102. The summed E-state index contributed by atoms with van der Waals surface area (Å²) in [5.41, 5.74) is 3.63. The van der Waals surface area contributed by atoms with Gasteiger partial charge in [0.05, 0.1) is 5.56 Å². The predicted molar refractivity (Wildman–Crippen MR) is 111 cm³/mol. The van der Waals surface area contributed by atoms with Crippen LogP contribution in [0.4, 0.5) is 5.69 Å². The van der Waals surface area contributed by atoms with E-state index in [2.05, 4.69) is 22.2 Å². The highest BCUT2D eigenvalue weighted by molar-refractivity contribution is 7.98. The molecule has 1 aromatic carbocycles. The van der Waals surface area contributed by atoms with Crippen molar-refractivity contribution >= 4 is 35.0 Å². The van der Waals surface area contributed by atoms with Crippen molar-refractivity contribution in [2.45, 2.75) is 30.5 Å². The number of benzene rings is 1. The zero-order valence-corrected chi connectivity index (χ0v) is 16.6. The number of thioether (sulfide) groups is 1. The fourth-order valence-corrected chi connectivity index (χ4v) is 3.74. The lowest BCUT2D eigenvalue weighted by atomic mass is 10.1. The van der Waals surface area contributed by atoms with Crippen molar-refractivity contribution in [1.29, 1.82) is 0 Å². The normalized spacial score (nSPS) is 10.6. The number of nitrogens with one attached hydrogen (secondary N) is 1. The minimum absolute atomic E-state index is 0.165. The lowest BCUT2D eigenvalue weighted by Crippen LogP contribution is -2.13. The molecule has 6 heteroatoms. The maximum Gasteiger partial charge on any atom is 0.258 e.